The Labute approximate surface area is 231 Å². The minimum absolute atomic E-state index is 0. The number of carboxylic acids is 2. The number of unbranched alkanes of at least 4 members (excludes halogenated alkanes) is 22. The molecule has 0 spiro atoms. The SMILES string of the molecule is CCCCCCCCCCCCCCC(=O)[O-].CCCCCCCCCCCCCCC(=O)[O-].[Zn+2]. The van der Waals surface area contributed by atoms with Crippen LogP contribution >= 0.6 is 0 Å². The Morgan fingerprint density at radius 1 is 0.371 bits per heavy atom. The van der Waals surface area contributed by atoms with Gasteiger partial charge in [0.1, 0.15) is 0 Å². The largest absolute Gasteiger partial charge is 2.00 e. The fourth-order valence-corrected chi connectivity index (χ4v) is 4.22. The molecule has 0 aliphatic carbocycles. The molecular formula is C30H58O4Zn. The fourth-order valence-electron chi connectivity index (χ4n) is 4.22. The van der Waals surface area contributed by atoms with Gasteiger partial charge in [0, 0.05) is 11.9 Å². The molecule has 4 nitrogen and oxygen atoms in total. The van der Waals surface area contributed by atoms with Crippen LogP contribution in [0, 0.1) is 0 Å². The minimum Gasteiger partial charge on any atom is -0.550 e. The third-order valence-electron chi connectivity index (χ3n) is 6.47. The van der Waals surface area contributed by atoms with Gasteiger partial charge in [0.25, 0.3) is 0 Å². The van der Waals surface area contributed by atoms with Gasteiger partial charge in [0.05, 0.1) is 0 Å². The maximum Gasteiger partial charge on any atom is 2.00 e. The van der Waals surface area contributed by atoms with E-state index >= 15 is 0 Å². The Morgan fingerprint density at radius 3 is 0.714 bits per heavy atom. The van der Waals surface area contributed by atoms with Crippen molar-refractivity contribution in [2.24, 2.45) is 0 Å². The summed E-state index contributed by atoms with van der Waals surface area (Å²) in [6.45, 7) is 4.50. The molecule has 0 aliphatic heterocycles. The van der Waals surface area contributed by atoms with E-state index in [0.717, 1.165) is 25.7 Å². The minimum atomic E-state index is -0.905. The molecule has 204 valence electrons. The summed E-state index contributed by atoms with van der Waals surface area (Å²) in [7, 11) is 0. The molecule has 0 aromatic carbocycles. The van der Waals surface area contributed by atoms with Gasteiger partial charge in [0.2, 0.25) is 0 Å². The van der Waals surface area contributed by atoms with Gasteiger partial charge >= 0.3 is 19.5 Å². The summed E-state index contributed by atoms with van der Waals surface area (Å²) in [5, 5.41) is 20.3. The van der Waals surface area contributed by atoms with Crippen molar-refractivity contribution in [2.75, 3.05) is 0 Å². The Kier molecular flexibility index (Phi) is 39.9. The van der Waals surface area contributed by atoms with Crippen molar-refractivity contribution in [1.29, 1.82) is 0 Å². The van der Waals surface area contributed by atoms with Crippen LogP contribution in [0.4, 0.5) is 0 Å². The van der Waals surface area contributed by atoms with E-state index in [1.54, 1.807) is 0 Å². The average Bonchev–Trinajstić information content (AvgIpc) is 2.80. The normalized spacial score (nSPS) is 10.3. The predicted octanol–water partition coefficient (Wildman–Crippen LogP) is 7.65. The van der Waals surface area contributed by atoms with E-state index in [1.165, 1.54) is 128 Å². The molecule has 0 unspecified atom stereocenters. The number of carboxylic acid groups (broad SMARTS) is 2. The standard InChI is InChI=1S/2C15H30O2.Zn/c2*1-2-3-4-5-6-7-8-9-10-11-12-13-14-15(16)17;/h2*2-14H2,1H3,(H,16,17);/q;;+2/p-2. The van der Waals surface area contributed by atoms with Gasteiger partial charge in [-0.05, 0) is 25.7 Å². The van der Waals surface area contributed by atoms with E-state index in [1.807, 2.05) is 0 Å². The van der Waals surface area contributed by atoms with Crippen LogP contribution in [-0.4, -0.2) is 11.9 Å². The third-order valence-corrected chi connectivity index (χ3v) is 6.47. The van der Waals surface area contributed by atoms with Crippen LogP contribution in [0.25, 0.3) is 0 Å². The number of hydrogen-bond donors (Lipinski definition) is 0. The molecule has 0 aliphatic rings. The summed E-state index contributed by atoms with van der Waals surface area (Å²) in [6, 6.07) is 0. The molecule has 0 rings (SSSR count). The van der Waals surface area contributed by atoms with Gasteiger partial charge < -0.3 is 19.8 Å². The summed E-state index contributed by atoms with van der Waals surface area (Å²) in [6.07, 6.45) is 31.0. The molecular weight excluding hydrogens is 490 g/mol. The van der Waals surface area contributed by atoms with Gasteiger partial charge in [-0.3, -0.25) is 0 Å². The first-order valence-electron chi connectivity index (χ1n) is 14.9. The summed E-state index contributed by atoms with van der Waals surface area (Å²) >= 11 is 0. The second kappa shape index (κ2) is 35.7. The maximum absolute atomic E-state index is 10.2. The first kappa shape index (κ1) is 39.1. The Bertz CT molecular complexity index is 377. The van der Waals surface area contributed by atoms with Crippen LogP contribution in [-0.2, 0) is 29.1 Å². The quantitative estimate of drug-likeness (QED) is 0.0822. The summed E-state index contributed by atoms with van der Waals surface area (Å²) in [5.74, 6) is -1.81. The number of carbonyl (C=O) groups excluding carboxylic acids is 2. The Hall–Kier alpha value is -0.437. The van der Waals surface area contributed by atoms with Crippen LogP contribution in [0.3, 0.4) is 0 Å². The number of aliphatic carboxylic acids is 2. The van der Waals surface area contributed by atoms with E-state index in [-0.39, 0.29) is 32.3 Å². The van der Waals surface area contributed by atoms with E-state index in [9.17, 15) is 19.8 Å². The second-order valence-electron chi connectivity index (χ2n) is 10.0. The number of carbonyl (C=O) groups is 2. The topological polar surface area (TPSA) is 80.3 Å². The van der Waals surface area contributed by atoms with Gasteiger partial charge in [-0.2, -0.15) is 0 Å². The van der Waals surface area contributed by atoms with Crippen molar-refractivity contribution >= 4 is 11.9 Å². The van der Waals surface area contributed by atoms with Crippen molar-refractivity contribution in [1.82, 2.24) is 0 Å². The average molecular weight is 548 g/mol. The third kappa shape index (κ3) is 44.0. The van der Waals surface area contributed by atoms with Gasteiger partial charge in [-0.25, -0.2) is 0 Å². The van der Waals surface area contributed by atoms with Gasteiger partial charge in [-0.15, -0.1) is 0 Å². The van der Waals surface area contributed by atoms with E-state index < -0.39 is 11.9 Å². The molecule has 5 heteroatoms. The summed E-state index contributed by atoms with van der Waals surface area (Å²) < 4.78 is 0. The molecule has 0 radical (unpaired) electrons. The van der Waals surface area contributed by atoms with Crippen molar-refractivity contribution in [3.63, 3.8) is 0 Å². The number of hydrogen-bond acceptors (Lipinski definition) is 4. The van der Waals surface area contributed by atoms with Crippen LogP contribution in [0.15, 0.2) is 0 Å². The molecule has 0 atom stereocenters. The van der Waals surface area contributed by atoms with Gasteiger partial charge in [-0.1, -0.05) is 155 Å². The molecule has 0 N–H and O–H groups in total. The second-order valence-corrected chi connectivity index (χ2v) is 10.0. The Balaban J connectivity index is -0.000000569. The maximum atomic E-state index is 10.2. The Morgan fingerprint density at radius 2 is 0.543 bits per heavy atom. The molecule has 35 heavy (non-hydrogen) atoms. The molecule has 0 fully saturated rings. The zero-order chi connectivity index (χ0) is 25.5. The van der Waals surface area contributed by atoms with Crippen LogP contribution in [0.2, 0.25) is 0 Å². The van der Waals surface area contributed by atoms with Crippen molar-refractivity contribution < 1.29 is 39.3 Å². The van der Waals surface area contributed by atoms with E-state index in [0.29, 0.717) is 0 Å². The molecule has 0 aromatic heterocycles. The summed E-state index contributed by atoms with van der Waals surface area (Å²) in [5.41, 5.74) is 0. The number of rotatable bonds is 26. The molecule has 0 saturated carbocycles. The first-order valence-corrected chi connectivity index (χ1v) is 14.9. The molecule has 0 bridgehead atoms. The van der Waals surface area contributed by atoms with Crippen LogP contribution in [0.1, 0.15) is 181 Å². The molecule has 0 aromatic rings. The molecule has 0 amide bonds. The van der Waals surface area contributed by atoms with Crippen molar-refractivity contribution in [3.05, 3.63) is 0 Å². The molecule has 0 saturated heterocycles. The smallest absolute Gasteiger partial charge is 0.550 e. The zero-order valence-electron chi connectivity index (χ0n) is 23.7. The van der Waals surface area contributed by atoms with Crippen LogP contribution < -0.4 is 10.2 Å². The molecule has 0 heterocycles. The zero-order valence-corrected chi connectivity index (χ0v) is 26.7. The monoisotopic (exact) mass is 546 g/mol. The predicted molar refractivity (Wildman–Crippen MR) is 141 cm³/mol. The van der Waals surface area contributed by atoms with E-state index in [4.69, 9.17) is 0 Å². The first-order chi connectivity index (χ1) is 16.5. The van der Waals surface area contributed by atoms with Crippen LogP contribution in [0.5, 0.6) is 0 Å². The van der Waals surface area contributed by atoms with Crippen molar-refractivity contribution in [3.8, 4) is 0 Å². The summed E-state index contributed by atoms with van der Waals surface area (Å²) in [4.78, 5) is 20.3. The van der Waals surface area contributed by atoms with Gasteiger partial charge in [0.15, 0.2) is 0 Å². The van der Waals surface area contributed by atoms with Crippen molar-refractivity contribution in [2.45, 2.75) is 181 Å². The van der Waals surface area contributed by atoms with E-state index in [2.05, 4.69) is 13.8 Å². The fraction of sp³-hybridized carbons (Fsp3) is 0.933.